The van der Waals surface area contributed by atoms with E-state index in [1.165, 1.54) is 0 Å². The van der Waals surface area contributed by atoms with Crippen molar-refractivity contribution in [3.8, 4) is 5.75 Å². The quantitative estimate of drug-likeness (QED) is 0.764. The van der Waals surface area contributed by atoms with Gasteiger partial charge >= 0.3 is 0 Å². The third-order valence-corrected chi connectivity index (χ3v) is 2.37. The zero-order chi connectivity index (χ0) is 12.8. The number of nitrogens with two attached hydrogens (primary N) is 1. The number of amides is 1. The molecule has 1 aromatic rings. The molecule has 1 unspecified atom stereocenters. The summed E-state index contributed by atoms with van der Waals surface area (Å²) in [6.07, 6.45) is 2.07. The molecule has 0 spiro atoms. The van der Waals surface area contributed by atoms with Crippen molar-refractivity contribution >= 4 is 11.6 Å². The third kappa shape index (κ3) is 3.60. The summed E-state index contributed by atoms with van der Waals surface area (Å²) < 4.78 is 5.17. The Kier molecular flexibility index (Phi) is 4.72. The largest absolute Gasteiger partial charge is 0.495 e. The van der Waals surface area contributed by atoms with Gasteiger partial charge in [-0.25, -0.2) is 0 Å². The van der Waals surface area contributed by atoms with Crippen molar-refractivity contribution in [3.63, 3.8) is 0 Å². The molecule has 0 heterocycles. The van der Waals surface area contributed by atoms with Crippen LogP contribution in [0.15, 0.2) is 30.9 Å². The van der Waals surface area contributed by atoms with E-state index in [1.807, 2.05) is 25.1 Å². The lowest BCUT2D eigenvalue weighted by Gasteiger charge is -2.13. The zero-order valence-electron chi connectivity index (χ0n) is 10.2. The first-order valence-electron chi connectivity index (χ1n) is 5.40. The molecule has 4 heteroatoms. The van der Waals surface area contributed by atoms with E-state index in [9.17, 15) is 4.79 Å². The van der Waals surface area contributed by atoms with E-state index in [-0.39, 0.29) is 5.91 Å². The number of ether oxygens (including phenoxy) is 1. The Morgan fingerprint density at radius 3 is 2.94 bits per heavy atom. The van der Waals surface area contributed by atoms with Crippen molar-refractivity contribution < 1.29 is 9.53 Å². The summed E-state index contributed by atoms with van der Waals surface area (Å²) in [5, 5.41) is 2.75. The molecule has 1 atom stereocenters. The van der Waals surface area contributed by atoms with Crippen molar-refractivity contribution in [2.24, 2.45) is 5.73 Å². The molecule has 0 aromatic heterocycles. The maximum Gasteiger partial charge on any atom is 0.241 e. The van der Waals surface area contributed by atoms with Gasteiger partial charge in [-0.1, -0.05) is 12.1 Å². The maximum absolute atomic E-state index is 11.7. The van der Waals surface area contributed by atoms with Gasteiger partial charge in [0.2, 0.25) is 5.91 Å². The van der Waals surface area contributed by atoms with Crippen LogP contribution < -0.4 is 15.8 Å². The number of hydrogen-bond acceptors (Lipinski definition) is 3. The molecule has 0 aliphatic rings. The highest BCUT2D eigenvalue weighted by Crippen LogP contribution is 2.25. The molecule has 1 rings (SSSR count). The maximum atomic E-state index is 11.7. The van der Waals surface area contributed by atoms with Crippen LogP contribution in [0.2, 0.25) is 0 Å². The molecular formula is C13H18N2O2. The molecule has 0 radical (unpaired) electrons. The summed E-state index contributed by atoms with van der Waals surface area (Å²) in [6, 6.07) is 4.98. The van der Waals surface area contributed by atoms with Crippen LogP contribution in [0.25, 0.3) is 0 Å². The molecule has 0 aliphatic heterocycles. The van der Waals surface area contributed by atoms with E-state index in [0.29, 0.717) is 17.9 Å². The molecule has 0 fully saturated rings. The monoisotopic (exact) mass is 234 g/mol. The van der Waals surface area contributed by atoms with Crippen LogP contribution >= 0.6 is 0 Å². The minimum Gasteiger partial charge on any atom is -0.495 e. The fraction of sp³-hybridized carbons (Fsp3) is 0.308. The highest BCUT2D eigenvalue weighted by atomic mass is 16.5. The Bertz CT molecular complexity index is 416. The SMILES string of the molecule is C=CCC(N)C(=O)Nc1cc(C)ccc1OC. The summed E-state index contributed by atoms with van der Waals surface area (Å²) in [5.74, 6) is 0.378. The Morgan fingerprint density at radius 1 is 1.65 bits per heavy atom. The smallest absolute Gasteiger partial charge is 0.241 e. The van der Waals surface area contributed by atoms with E-state index in [0.717, 1.165) is 5.56 Å². The number of aryl methyl sites for hydroxylation is 1. The highest BCUT2D eigenvalue weighted by Gasteiger charge is 2.13. The molecule has 0 saturated carbocycles. The van der Waals surface area contributed by atoms with Crippen LogP contribution in [0.1, 0.15) is 12.0 Å². The van der Waals surface area contributed by atoms with Gasteiger partial charge in [0.1, 0.15) is 5.75 Å². The predicted octanol–water partition coefficient (Wildman–Crippen LogP) is 1.85. The van der Waals surface area contributed by atoms with Crippen molar-refractivity contribution in [2.75, 3.05) is 12.4 Å². The summed E-state index contributed by atoms with van der Waals surface area (Å²) >= 11 is 0. The third-order valence-electron chi connectivity index (χ3n) is 2.37. The highest BCUT2D eigenvalue weighted by molar-refractivity contribution is 5.96. The van der Waals surface area contributed by atoms with E-state index in [1.54, 1.807) is 13.2 Å². The Morgan fingerprint density at radius 2 is 2.35 bits per heavy atom. The number of rotatable bonds is 5. The van der Waals surface area contributed by atoms with Crippen molar-refractivity contribution in [1.82, 2.24) is 0 Å². The summed E-state index contributed by atoms with van der Waals surface area (Å²) in [4.78, 5) is 11.7. The first-order valence-corrected chi connectivity index (χ1v) is 5.40. The lowest BCUT2D eigenvalue weighted by Crippen LogP contribution is -2.35. The van der Waals surface area contributed by atoms with Gasteiger partial charge in [0.15, 0.2) is 0 Å². The second-order valence-electron chi connectivity index (χ2n) is 3.82. The van der Waals surface area contributed by atoms with Crippen molar-refractivity contribution in [3.05, 3.63) is 36.4 Å². The average Bonchev–Trinajstić information content (AvgIpc) is 2.29. The van der Waals surface area contributed by atoms with Gasteiger partial charge in [0.05, 0.1) is 18.8 Å². The van der Waals surface area contributed by atoms with E-state index < -0.39 is 6.04 Å². The van der Waals surface area contributed by atoms with E-state index >= 15 is 0 Å². The van der Waals surface area contributed by atoms with Crippen LogP contribution in [0.4, 0.5) is 5.69 Å². The van der Waals surface area contributed by atoms with Crippen molar-refractivity contribution in [1.29, 1.82) is 0 Å². The zero-order valence-corrected chi connectivity index (χ0v) is 10.2. The van der Waals surface area contributed by atoms with Crippen molar-refractivity contribution in [2.45, 2.75) is 19.4 Å². The standard InChI is InChI=1S/C13H18N2O2/c1-4-5-10(14)13(16)15-11-8-9(2)6-7-12(11)17-3/h4,6-8,10H,1,5,14H2,2-3H3,(H,15,16). The van der Waals surface area contributed by atoms with Gasteiger partial charge in [-0.3, -0.25) is 4.79 Å². The molecule has 0 aliphatic carbocycles. The van der Waals surface area contributed by atoms with Gasteiger partial charge in [0.25, 0.3) is 0 Å². The number of hydrogen-bond donors (Lipinski definition) is 2. The molecule has 4 nitrogen and oxygen atoms in total. The summed E-state index contributed by atoms with van der Waals surface area (Å²) in [5.41, 5.74) is 7.36. The first kappa shape index (κ1) is 13.3. The second kappa shape index (κ2) is 6.06. The number of anilines is 1. The van der Waals surface area contributed by atoms with Gasteiger partial charge < -0.3 is 15.8 Å². The minimum absolute atomic E-state index is 0.242. The number of benzene rings is 1. The van der Waals surface area contributed by atoms with E-state index in [4.69, 9.17) is 10.5 Å². The second-order valence-corrected chi connectivity index (χ2v) is 3.82. The lowest BCUT2D eigenvalue weighted by atomic mass is 10.1. The van der Waals surface area contributed by atoms with Crippen LogP contribution in [0, 0.1) is 6.92 Å². The minimum atomic E-state index is -0.585. The number of methoxy groups -OCH3 is 1. The lowest BCUT2D eigenvalue weighted by molar-refractivity contribution is -0.117. The predicted molar refractivity (Wildman–Crippen MR) is 69.2 cm³/mol. The van der Waals surface area contributed by atoms with Crippen LogP contribution in [-0.2, 0) is 4.79 Å². The van der Waals surface area contributed by atoms with Crippen LogP contribution in [0.5, 0.6) is 5.75 Å². The van der Waals surface area contributed by atoms with Gasteiger partial charge in [-0.15, -0.1) is 6.58 Å². The molecule has 0 saturated heterocycles. The topological polar surface area (TPSA) is 64.4 Å². The summed E-state index contributed by atoms with van der Waals surface area (Å²) in [7, 11) is 1.56. The normalized spacial score (nSPS) is 11.7. The molecular weight excluding hydrogens is 216 g/mol. The fourth-order valence-corrected chi connectivity index (χ4v) is 1.43. The van der Waals surface area contributed by atoms with E-state index in [2.05, 4.69) is 11.9 Å². The molecule has 1 amide bonds. The van der Waals surface area contributed by atoms with Gasteiger partial charge in [-0.2, -0.15) is 0 Å². The van der Waals surface area contributed by atoms with Gasteiger partial charge in [-0.05, 0) is 31.0 Å². The first-order chi connectivity index (χ1) is 8.08. The number of carbonyl (C=O) groups excluding carboxylic acids is 1. The average molecular weight is 234 g/mol. The molecule has 0 bridgehead atoms. The van der Waals surface area contributed by atoms with Crippen LogP contribution in [0.3, 0.4) is 0 Å². The Hall–Kier alpha value is -1.81. The molecule has 92 valence electrons. The number of carbonyl (C=O) groups is 1. The fourth-order valence-electron chi connectivity index (χ4n) is 1.43. The molecule has 3 N–H and O–H groups in total. The number of nitrogens with one attached hydrogen (secondary N) is 1. The van der Waals surface area contributed by atoms with Gasteiger partial charge in [0, 0.05) is 0 Å². The molecule has 17 heavy (non-hydrogen) atoms. The Labute approximate surface area is 101 Å². The summed E-state index contributed by atoms with van der Waals surface area (Å²) in [6.45, 7) is 5.50. The van der Waals surface area contributed by atoms with Crippen LogP contribution in [-0.4, -0.2) is 19.1 Å². The molecule has 1 aromatic carbocycles. The Balaban J connectivity index is 2.83.